The molecule has 0 amide bonds. The van der Waals surface area contributed by atoms with Crippen LogP contribution in [0, 0.1) is 29.6 Å². The summed E-state index contributed by atoms with van der Waals surface area (Å²) in [4.78, 5) is 0. The smallest absolute Gasteiger partial charge is 0.0175 e. The van der Waals surface area contributed by atoms with E-state index >= 15 is 0 Å². The van der Waals surface area contributed by atoms with Crippen LogP contribution in [0.5, 0.6) is 0 Å². The minimum absolute atomic E-state index is 0.899. The first-order chi connectivity index (χ1) is 6.27. The van der Waals surface area contributed by atoms with Crippen LogP contribution in [0.4, 0.5) is 0 Å². The topological polar surface area (TPSA) is 0 Å². The number of allylic oxidation sites excluding steroid dienone is 1. The van der Waals surface area contributed by atoms with Crippen molar-refractivity contribution in [1.82, 2.24) is 0 Å². The van der Waals surface area contributed by atoms with Gasteiger partial charge in [-0.15, -0.1) is 0 Å². The van der Waals surface area contributed by atoms with Crippen LogP contribution in [0.3, 0.4) is 0 Å². The maximum absolute atomic E-state index is 4.19. The summed E-state index contributed by atoms with van der Waals surface area (Å²) in [6.45, 7) is 6.44. The Hall–Kier alpha value is -0.260. The van der Waals surface area contributed by atoms with Gasteiger partial charge in [-0.1, -0.05) is 25.0 Å². The Labute approximate surface area is 81.4 Å². The third-order valence-electron chi connectivity index (χ3n) is 4.87. The fraction of sp³-hybridized carbons (Fsp3) is 0.846. The zero-order valence-corrected chi connectivity index (χ0v) is 8.63. The van der Waals surface area contributed by atoms with Crippen LogP contribution >= 0.6 is 0 Å². The molecular weight excluding hydrogens is 156 g/mol. The highest BCUT2D eigenvalue weighted by atomic mass is 14.6. The van der Waals surface area contributed by atoms with E-state index in [9.17, 15) is 0 Å². The molecule has 4 aliphatic carbocycles. The second-order valence-corrected chi connectivity index (χ2v) is 5.61. The van der Waals surface area contributed by atoms with E-state index in [1.165, 1.54) is 31.3 Å². The van der Waals surface area contributed by atoms with E-state index in [4.69, 9.17) is 0 Å². The highest BCUT2D eigenvalue weighted by molar-refractivity contribution is 5.12. The van der Waals surface area contributed by atoms with Crippen molar-refractivity contribution in [2.75, 3.05) is 0 Å². The summed E-state index contributed by atoms with van der Waals surface area (Å²) in [7, 11) is 0. The molecule has 0 N–H and O–H groups in total. The zero-order valence-electron chi connectivity index (χ0n) is 8.63. The third-order valence-corrected chi connectivity index (χ3v) is 4.87. The van der Waals surface area contributed by atoms with Gasteiger partial charge in [0.2, 0.25) is 0 Å². The first-order valence-corrected chi connectivity index (χ1v) is 5.93. The van der Waals surface area contributed by atoms with Crippen molar-refractivity contribution < 1.29 is 0 Å². The number of rotatable bonds is 1. The van der Waals surface area contributed by atoms with Gasteiger partial charge < -0.3 is 0 Å². The fourth-order valence-corrected chi connectivity index (χ4v) is 4.17. The fourth-order valence-electron chi connectivity index (χ4n) is 4.17. The SMILES string of the molecule is C=C(C)C1CC2CCCC1C1CC21. The Kier molecular flexibility index (Phi) is 1.63. The molecule has 0 aromatic rings. The molecule has 2 bridgehead atoms. The molecule has 0 aromatic heterocycles. The Bertz CT molecular complexity index is 240. The van der Waals surface area contributed by atoms with Crippen LogP contribution in [-0.4, -0.2) is 0 Å². The molecule has 5 unspecified atom stereocenters. The minimum Gasteiger partial charge on any atom is -0.0999 e. The standard InChI is InChI=1S/C13H20/c1-8(2)11-6-9-4-3-5-10(11)13-7-12(9)13/h9-13H,1,3-7H2,2H3. The van der Waals surface area contributed by atoms with E-state index < -0.39 is 0 Å². The van der Waals surface area contributed by atoms with Gasteiger partial charge in [-0.3, -0.25) is 0 Å². The van der Waals surface area contributed by atoms with Gasteiger partial charge in [0.25, 0.3) is 0 Å². The van der Waals surface area contributed by atoms with Crippen LogP contribution in [-0.2, 0) is 0 Å². The number of hydrogen-bond donors (Lipinski definition) is 0. The second-order valence-electron chi connectivity index (χ2n) is 5.61. The molecular formula is C13H20. The third kappa shape index (κ3) is 1.11. The van der Waals surface area contributed by atoms with Gasteiger partial charge >= 0.3 is 0 Å². The summed E-state index contributed by atoms with van der Waals surface area (Å²) in [6, 6.07) is 0. The second kappa shape index (κ2) is 2.62. The molecule has 5 atom stereocenters. The number of hydrogen-bond acceptors (Lipinski definition) is 0. The van der Waals surface area contributed by atoms with Crippen LogP contribution in [0.1, 0.15) is 39.0 Å². The van der Waals surface area contributed by atoms with E-state index in [0.29, 0.717) is 0 Å². The zero-order chi connectivity index (χ0) is 9.00. The van der Waals surface area contributed by atoms with Gasteiger partial charge in [0.05, 0.1) is 0 Å². The monoisotopic (exact) mass is 176 g/mol. The van der Waals surface area contributed by atoms with Crippen molar-refractivity contribution in [2.24, 2.45) is 29.6 Å². The molecule has 13 heavy (non-hydrogen) atoms. The summed E-state index contributed by atoms with van der Waals surface area (Å²) < 4.78 is 0. The molecule has 4 saturated carbocycles. The van der Waals surface area contributed by atoms with Crippen molar-refractivity contribution in [3.05, 3.63) is 12.2 Å². The van der Waals surface area contributed by atoms with Gasteiger partial charge in [0.1, 0.15) is 0 Å². The van der Waals surface area contributed by atoms with E-state index in [1.807, 2.05) is 0 Å². The first kappa shape index (κ1) is 8.08. The van der Waals surface area contributed by atoms with Crippen molar-refractivity contribution in [3.8, 4) is 0 Å². The predicted molar refractivity (Wildman–Crippen MR) is 55.3 cm³/mol. The highest BCUT2D eigenvalue weighted by Gasteiger charge is 2.54. The number of fused-ring (bicyclic) bond motifs is 3. The maximum atomic E-state index is 4.19. The summed E-state index contributed by atoms with van der Waals surface area (Å²) in [5.74, 6) is 5.31. The maximum Gasteiger partial charge on any atom is -0.0175 e. The average Bonchev–Trinajstić information content (AvgIpc) is 2.87. The summed E-state index contributed by atoms with van der Waals surface area (Å²) in [5.41, 5.74) is 1.47. The van der Waals surface area contributed by atoms with Gasteiger partial charge in [-0.05, 0) is 55.8 Å². The van der Waals surface area contributed by atoms with Crippen LogP contribution in [0.15, 0.2) is 12.2 Å². The lowest BCUT2D eigenvalue weighted by Gasteiger charge is -2.32. The molecule has 0 saturated heterocycles. The average molecular weight is 176 g/mol. The predicted octanol–water partition coefficient (Wildman–Crippen LogP) is 3.63. The molecule has 4 aliphatic rings. The summed E-state index contributed by atoms with van der Waals surface area (Å²) in [6.07, 6.45) is 7.60. The van der Waals surface area contributed by atoms with Crippen molar-refractivity contribution in [2.45, 2.75) is 39.0 Å². The van der Waals surface area contributed by atoms with Gasteiger partial charge in [0, 0.05) is 0 Å². The lowest BCUT2D eigenvalue weighted by atomic mass is 9.73. The molecule has 0 aromatic carbocycles. The Morgan fingerprint density at radius 3 is 2.69 bits per heavy atom. The van der Waals surface area contributed by atoms with E-state index in [1.54, 1.807) is 6.42 Å². The molecule has 0 aliphatic heterocycles. The van der Waals surface area contributed by atoms with Crippen LogP contribution < -0.4 is 0 Å². The Balaban J connectivity index is 1.89. The quantitative estimate of drug-likeness (QED) is 0.535. The molecule has 0 heteroatoms. The normalized spacial score (nSPS) is 52.5. The van der Waals surface area contributed by atoms with Crippen molar-refractivity contribution >= 4 is 0 Å². The van der Waals surface area contributed by atoms with Crippen molar-refractivity contribution in [1.29, 1.82) is 0 Å². The van der Waals surface area contributed by atoms with Crippen LogP contribution in [0.25, 0.3) is 0 Å². The van der Waals surface area contributed by atoms with Gasteiger partial charge in [-0.25, -0.2) is 0 Å². The largest absolute Gasteiger partial charge is 0.0999 e. The van der Waals surface area contributed by atoms with Crippen molar-refractivity contribution in [3.63, 3.8) is 0 Å². The Morgan fingerprint density at radius 1 is 1.08 bits per heavy atom. The van der Waals surface area contributed by atoms with Crippen LogP contribution in [0.2, 0.25) is 0 Å². The van der Waals surface area contributed by atoms with Gasteiger partial charge in [0.15, 0.2) is 0 Å². The summed E-state index contributed by atoms with van der Waals surface area (Å²) in [5, 5.41) is 0. The van der Waals surface area contributed by atoms with E-state index in [-0.39, 0.29) is 0 Å². The minimum atomic E-state index is 0.899. The lowest BCUT2D eigenvalue weighted by molar-refractivity contribution is 0.218. The first-order valence-electron chi connectivity index (χ1n) is 5.93. The molecule has 0 heterocycles. The highest BCUT2D eigenvalue weighted by Crippen LogP contribution is 2.63. The van der Waals surface area contributed by atoms with E-state index in [2.05, 4.69) is 13.5 Å². The molecule has 0 nitrogen and oxygen atoms in total. The lowest BCUT2D eigenvalue weighted by Crippen LogP contribution is -2.24. The van der Waals surface area contributed by atoms with Gasteiger partial charge in [-0.2, -0.15) is 0 Å². The molecule has 0 radical (unpaired) electrons. The summed E-state index contributed by atoms with van der Waals surface area (Å²) >= 11 is 0. The Morgan fingerprint density at radius 2 is 1.92 bits per heavy atom. The molecule has 0 spiro atoms. The molecule has 4 rings (SSSR count). The molecule has 72 valence electrons. The van der Waals surface area contributed by atoms with E-state index in [0.717, 1.165) is 29.6 Å². The molecule has 4 fully saturated rings.